The predicted molar refractivity (Wildman–Crippen MR) is 223 cm³/mol. The average molecular weight is 780 g/mol. The molecule has 6 atom stereocenters. The molecular formula is C47H53N7O4. The molecule has 1 saturated heterocycles. The number of imidazole rings is 1. The van der Waals surface area contributed by atoms with Crippen LogP contribution in [-0.4, -0.2) is 63.2 Å². The predicted octanol–water partition coefficient (Wildman–Crippen LogP) is 8.22. The summed E-state index contributed by atoms with van der Waals surface area (Å²) >= 11 is 0. The van der Waals surface area contributed by atoms with E-state index in [2.05, 4.69) is 75.2 Å². The monoisotopic (exact) mass is 779 g/mol. The van der Waals surface area contributed by atoms with Gasteiger partial charge >= 0.3 is 6.09 Å². The van der Waals surface area contributed by atoms with Gasteiger partial charge in [-0.25, -0.2) is 9.78 Å². The Morgan fingerprint density at radius 1 is 0.897 bits per heavy atom. The first kappa shape index (κ1) is 38.0. The minimum atomic E-state index is -0.673. The molecule has 58 heavy (non-hydrogen) atoms. The van der Waals surface area contributed by atoms with Gasteiger partial charge in [-0.2, -0.15) is 0 Å². The molecule has 0 spiro atoms. The Labute approximate surface area is 340 Å². The van der Waals surface area contributed by atoms with Gasteiger partial charge in [0.05, 0.1) is 25.0 Å². The lowest BCUT2D eigenvalue weighted by molar-refractivity contribution is -0.135. The van der Waals surface area contributed by atoms with Crippen LogP contribution in [0.2, 0.25) is 0 Å². The molecule has 11 nitrogen and oxygen atoms in total. The first-order valence-corrected chi connectivity index (χ1v) is 21.1. The van der Waals surface area contributed by atoms with E-state index in [0.717, 1.165) is 77.1 Å². The standard InChI is InChI=1S/C47H53N7O4/c1-27(2)42(53-47(57)58-3)46(56)54-21-5-7-39(54)44-50-26-38(52-44)31-14-12-29(13-15-31)28-8-10-30(11-9-28)36-23-37(49-25-36)40-33-18-19-34(22-33)41(40)45(55)51-24-35-6-4-20-48-43(35)32-16-17-32/h4,6,8-15,20,25-27,32-34,39-42H,5,7,16-19,21-24H2,1-3H3,(H,50,52)(H,51,55)(H,53,57)/t33?,34?,39-,40+,41-,42-/m0/s1. The van der Waals surface area contributed by atoms with Crippen molar-refractivity contribution in [3.63, 3.8) is 0 Å². The summed E-state index contributed by atoms with van der Waals surface area (Å²) < 4.78 is 4.77. The number of fused-ring (bicyclic) bond motifs is 2. The summed E-state index contributed by atoms with van der Waals surface area (Å²) in [7, 11) is 1.30. The summed E-state index contributed by atoms with van der Waals surface area (Å²) in [5.41, 5.74) is 10.00. The van der Waals surface area contributed by atoms with E-state index in [1.54, 1.807) is 0 Å². The SMILES string of the molecule is COC(=O)N[C@H](C(=O)N1CCC[C@H]1c1ncc(-c2ccc(-c3ccc(C4=CN=C([C@H]5C6CCC(C6)[C@@H]5C(=O)NCc5cccnc5C5CC5)C4)cc3)cc2)[nH]1)C(C)C. The second-order valence-electron chi connectivity index (χ2n) is 17.3. The summed E-state index contributed by atoms with van der Waals surface area (Å²) in [6, 6.07) is 20.4. The van der Waals surface area contributed by atoms with E-state index in [-0.39, 0.29) is 35.6 Å². The van der Waals surface area contributed by atoms with Crippen LogP contribution in [0.1, 0.15) is 99.8 Å². The topological polar surface area (TPSA) is 142 Å². The van der Waals surface area contributed by atoms with Crippen molar-refractivity contribution in [2.75, 3.05) is 13.7 Å². The van der Waals surface area contributed by atoms with Gasteiger partial charge < -0.3 is 25.3 Å². The van der Waals surface area contributed by atoms with Crippen molar-refractivity contribution in [3.8, 4) is 22.4 Å². The molecule has 0 radical (unpaired) electrons. The lowest BCUT2D eigenvalue weighted by atomic mass is 9.75. The van der Waals surface area contributed by atoms with Crippen LogP contribution >= 0.6 is 0 Å². The molecule has 3 N–H and O–H groups in total. The number of carbonyl (C=O) groups excluding carboxylic acids is 3. The maximum Gasteiger partial charge on any atom is 0.407 e. The fraction of sp³-hybridized carbons (Fsp3) is 0.447. The zero-order chi connectivity index (χ0) is 39.9. The van der Waals surface area contributed by atoms with E-state index < -0.39 is 12.1 Å². The Kier molecular flexibility index (Phi) is 10.5. The van der Waals surface area contributed by atoms with Crippen LogP contribution in [0.3, 0.4) is 0 Å². The number of likely N-dealkylation sites (tertiary alicyclic amines) is 1. The normalized spacial score (nSPS) is 24.1. The Balaban J connectivity index is 0.819. The van der Waals surface area contributed by atoms with Gasteiger partial charge in [-0.15, -0.1) is 0 Å². The number of aromatic amines is 1. The molecule has 2 aromatic heterocycles. The first-order valence-electron chi connectivity index (χ1n) is 21.1. The summed E-state index contributed by atoms with van der Waals surface area (Å²) in [6.45, 7) is 4.99. The zero-order valence-electron chi connectivity index (χ0n) is 33.6. The molecule has 11 heteroatoms. The molecule has 4 fully saturated rings. The lowest BCUT2D eigenvalue weighted by Gasteiger charge is -2.30. The number of benzene rings is 2. The van der Waals surface area contributed by atoms with Gasteiger partial charge in [0.15, 0.2) is 0 Å². The number of nitrogens with one attached hydrogen (secondary N) is 3. The number of aromatic nitrogens is 3. The summed E-state index contributed by atoms with van der Waals surface area (Å²) in [4.78, 5) is 59.0. The van der Waals surface area contributed by atoms with Gasteiger partial charge in [-0.3, -0.25) is 19.6 Å². The number of aliphatic imine (C=N–C) groups is 1. The molecule has 2 bridgehead atoms. The van der Waals surface area contributed by atoms with E-state index >= 15 is 0 Å². The molecule has 2 aliphatic heterocycles. The molecule has 4 heterocycles. The number of alkyl carbamates (subject to hydrolysis) is 1. The third kappa shape index (κ3) is 7.47. The number of pyridine rings is 1. The molecule has 4 aromatic rings. The van der Waals surface area contributed by atoms with Crippen LogP contribution in [0, 0.1) is 29.6 Å². The fourth-order valence-electron chi connectivity index (χ4n) is 10.2. The molecule has 300 valence electrons. The second-order valence-corrected chi connectivity index (χ2v) is 17.3. The smallest absolute Gasteiger partial charge is 0.407 e. The maximum atomic E-state index is 13.8. The van der Waals surface area contributed by atoms with Crippen molar-refractivity contribution < 1.29 is 19.1 Å². The molecule has 2 aromatic carbocycles. The van der Waals surface area contributed by atoms with Gasteiger partial charge in [0.25, 0.3) is 0 Å². The van der Waals surface area contributed by atoms with Gasteiger partial charge in [-0.1, -0.05) is 68.4 Å². The Morgan fingerprint density at radius 2 is 1.62 bits per heavy atom. The van der Waals surface area contributed by atoms with Crippen LogP contribution in [0.25, 0.3) is 28.0 Å². The fourth-order valence-corrected chi connectivity index (χ4v) is 10.2. The summed E-state index contributed by atoms with van der Waals surface area (Å²) in [6.07, 6.45) is 13.4. The Bertz CT molecular complexity index is 2240. The van der Waals surface area contributed by atoms with E-state index in [0.29, 0.717) is 30.8 Å². The number of hydrogen-bond donors (Lipinski definition) is 3. The number of methoxy groups -OCH3 is 1. The quantitative estimate of drug-likeness (QED) is 0.132. The molecule has 2 unspecified atom stereocenters. The maximum absolute atomic E-state index is 13.8. The van der Waals surface area contributed by atoms with Crippen molar-refractivity contribution in [1.82, 2.24) is 30.5 Å². The van der Waals surface area contributed by atoms with E-state index in [9.17, 15) is 14.4 Å². The molecular weight excluding hydrogens is 727 g/mol. The van der Waals surface area contributed by atoms with Crippen LogP contribution in [0.15, 0.2) is 84.2 Å². The highest BCUT2D eigenvalue weighted by molar-refractivity contribution is 6.02. The number of rotatable bonds is 12. The summed E-state index contributed by atoms with van der Waals surface area (Å²) in [5, 5.41) is 6.04. The number of allylic oxidation sites excluding steroid dienone is 1. The number of nitrogens with zero attached hydrogens (tertiary/aromatic N) is 4. The van der Waals surface area contributed by atoms with Crippen molar-refractivity contribution in [2.45, 2.75) is 89.8 Å². The van der Waals surface area contributed by atoms with Crippen LogP contribution < -0.4 is 10.6 Å². The second kappa shape index (κ2) is 16.0. The number of amides is 3. The molecule has 5 aliphatic rings. The van der Waals surface area contributed by atoms with Crippen molar-refractivity contribution in [2.24, 2.45) is 34.6 Å². The van der Waals surface area contributed by atoms with E-state index in [1.807, 2.05) is 43.4 Å². The van der Waals surface area contributed by atoms with Crippen LogP contribution in [-0.2, 0) is 20.9 Å². The highest BCUT2D eigenvalue weighted by Gasteiger charge is 2.52. The van der Waals surface area contributed by atoms with Crippen molar-refractivity contribution >= 4 is 29.2 Å². The molecule has 3 amide bonds. The van der Waals surface area contributed by atoms with Gasteiger partial charge in [0.2, 0.25) is 11.8 Å². The largest absolute Gasteiger partial charge is 0.453 e. The summed E-state index contributed by atoms with van der Waals surface area (Å²) in [5.74, 6) is 2.44. The third-order valence-electron chi connectivity index (χ3n) is 13.3. The van der Waals surface area contributed by atoms with Crippen LogP contribution in [0.4, 0.5) is 4.79 Å². The molecule has 3 saturated carbocycles. The minimum Gasteiger partial charge on any atom is -0.453 e. The Hall–Kier alpha value is -5.58. The number of H-pyrrole nitrogens is 1. The van der Waals surface area contributed by atoms with Crippen LogP contribution in [0.5, 0.6) is 0 Å². The third-order valence-corrected chi connectivity index (χ3v) is 13.3. The van der Waals surface area contributed by atoms with Gasteiger partial charge in [0, 0.05) is 61.1 Å². The number of ether oxygens (including phenoxy) is 1. The Morgan fingerprint density at radius 3 is 2.34 bits per heavy atom. The molecule has 3 aliphatic carbocycles. The van der Waals surface area contributed by atoms with E-state index in [1.165, 1.54) is 37.7 Å². The van der Waals surface area contributed by atoms with E-state index in [4.69, 9.17) is 14.7 Å². The number of hydrogen-bond acceptors (Lipinski definition) is 7. The molecule has 9 rings (SSSR count). The number of carbonyl (C=O) groups is 3. The van der Waals surface area contributed by atoms with Gasteiger partial charge in [0.1, 0.15) is 11.9 Å². The highest BCUT2D eigenvalue weighted by Crippen LogP contribution is 2.54. The average Bonchev–Trinajstić information content (AvgIpc) is 3.82. The highest BCUT2D eigenvalue weighted by atomic mass is 16.5. The lowest BCUT2D eigenvalue weighted by Crippen LogP contribution is -2.51. The minimum absolute atomic E-state index is 0.00841. The first-order chi connectivity index (χ1) is 28.2. The van der Waals surface area contributed by atoms with Crippen molar-refractivity contribution in [3.05, 3.63) is 102 Å². The zero-order valence-corrected chi connectivity index (χ0v) is 33.6. The van der Waals surface area contributed by atoms with Crippen molar-refractivity contribution in [1.29, 1.82) is 0 Å². The van der Waals surface area contributed by atoms with Gasteiger partial charge in [-0.05, 0) is 102 Å².